The van der Waals surface area contributed by atoms with Crippen molar-refractivity contribution in [2.24, 2.45) is 0 Å². The third-order valence-electron chi connectivity index (χ3n) is 0.894. The largest absolute Gasteiger partial charge is 0.324 e. The SMILES string of the molecule is N#CC1=C(C#N)NP(Cl)N1. The molecular formula is C4H2ClN4P. The van der Waals surface area contributed by atoms with Crippen LogP contribution in [0.5, 0.6) is 0 Å². The minimum Gasteiger partial charge on any atom is -0.324 e. The fourth-order valence-corrected chi connectivity index (χ4v) is 1.78. The lowest BCUT2D eigenvalue weighted by atomic mass is 10.4. The topological polar surface area (TPSA) is 71.6 Å². The van der Waals surface area contributed by atoms with Crippen molar-refractivity contribution < 1.29 is 0 Å². The average molecular weight is 173 g/mol. The first-order valence-corrected chi connectivity index (χ1v) is 4.56. The summed E-state index contributed by atoms with van der Waals surface area (Å²) >= 11 is 5.56. The van der Waals surface area contributed by atoms with Gasteiger partial charge in [-0.3, -0.25) is 0 Å². The number of rotatable bonds is 0. The van der Waals surface area contributed by atoms with Crippen molar-refractivity contribution in [3.05, 3.63) is 11.4 Å². The summed E-state index contributed by atoms with van der Waals surface area (Å²) in [4.78, 5) is 0. The maximum Gasteiger partial charge on any atom is 0.193 e. The Kier molecular flexibility index (Phi) is 1.97. The molecule has 50 valence electrons. The van der Waals surface area contributed by atoms with E-state index in [1.165, 1.54) is 0 Å². The molecule has 0 amide bonds. The summed E-state index contributed by atoms with van der Waals surface area (Å²) in [7, 11) is -1.10. The molecule has 6 heteroatoms. The van der Waals surface area contributed by atoms with E-state index in [1.807, 2.05) is 12.1 Å². The molecule has 1 aliphatic rings. The van der Waals surface area contributed by atoms with Crippen LogP contribution in [-0.4, -0.2) is 0 Å². The smallest absolute Gasteiger partial charge is 0.193 e. The summed E-state index contributed by atoms with van der Waals surface area (Å²) in [6.07, 6.45) is 0. The molecule has 0 atom stereocenters. The molecule has 0 radical (unpaired) electrons. The van der Waals surface area contributed by atoms with E-state index < -0.39 is 7.58 Å². The van der Waals surface area contributed by atoms with E-state index in [9.17, 15) is 0 Å². The number of nitriles is 2. The van der Waals surface area contributed by atoms with Crippen molar-refractivity contribution in [3.8, 4) is 12.1 Å². The molecule has 2 N–H and O–H groups in total. The van der Waals surface area contributed by atoms with E-state index in [0.717, 1.165) is 0 Å². The van der Waals surface area contributed by atoms with Crippen LogP contribution in [0.2, 0.25) is 0 Å². The highest BCUT2D eigenvalue weighted by molar-refractivity contribution is 7.81. The van der Waals surface area contributed by atoms with Crippen molar-refractivity contribution in [2.45, 2.75) is 0 Å². The van der Waals surface area contributed by atoms with Gasteiger partial charge in [0, 0.05) is 0 Å². The fourth-order valence-electron chi connectivity index (χ4n) is 0.498. The number of allylic oxidation sites excluding steroid dienone is 2. The van der Waals surface area contributed by atoms with Crippen LogP contribution in [-0.2, 0) is 0 Å². The molecule has 1 heterocycles. The Morgan fingerprint density at radius 1 is 1.20 bits per heavy atom. The third kappa shape index (κ3) is 1.14. The minimum atomic E-state index is -1.10. The molecule has 1 rings (SSSR count). The first kappa shape index (κ1) is 7.15. The van der Waals surface area contributed by atoms with Crippen molar-refractivity contribution in [1.82, 2.24) is 10.2 Å². The molecule has 0 saturated heterocycles. The lowest BCUT2D eigenvalue weighted by Crippen LogP contribution is -1.96. The normalized spacial score (nSPS) is 17.1. The van der Waals surface area contributed by atoms with Gasteiger partial charge in [-0.05, 0) is 11.2 Å². The van der Waals surface area contributed by atoms with Crippen LogP contribution in [0.1, 0.15) is 0 Å². The molecule has 0 saturated carbocycles. The average Bonchev–Trinajstić information content (AvgIpc) is 2.30. The Hall–Kier alpha value is -0.960. The first-order valence-electron chi connectivity index (χ1n) is 2.31. The highest BCUT2D eigenvalue weighted by Crippen LogP contribution is 2.38. The van der Waals surface area contributed by atoms with E-state index in [2.05, 4.69) is 10.2 Å². The van der Waals surface area contributed by atoms with Gasteiger partial charge in [0.05, 0.1) is 0 Å². The zero-order chi connectivity index (χ0) is 7.56. The molecule has 0 aromatic carbocycles. The number of hydrogen-bond acceptors (Lipinski definition) is 4. The predicted molar refractivity (Wildman–Crippen MR) is 37.3 cm³/mol. The van der Waals surface area contributed by atoms with Crippen LogP contribution in [0.3, 0.4) is 0 Å². The molecule has 4 nitrogen and oxygen atoms in total. The molecule has 0 fully saturated rings. The summed E-state index contributed by atoms with van der Waals surface area (Å²) in [6, 6.07) is 3.62. The van der Waals surface area contributed by atoms with Crippen LogP contribution >= 0.6 is 18.8 Å². The van der Waals surface area contributed by atoms with Gasteiger partial charge in [0.2, 0.25) is 0 Å². The van der Waals surface area contributed by atoms with Crippen molar-refractivity contribution in [1.29, 1.82) is 10.5 Å². The molecule has 0 aromatic rings. The molecule has 0 spiro atoms. The van der Waals surface area contributed by atoms with Crippen LogP contribution in [0.4, 0.5) is 0 Å². The van der Waals surface area contributed by atoms with E-state index in [1.54, 1.807) is 0 Å². The van der Waals surface area contributed by atoms with Crippen molar-refractivity contribution in [3.63, 3.8) is 0 Å². The second-order valence-electron chi connectivity index (χ2n) is 1.48. The highest BCUT2D eigenvalue weighted by Gasteiger charge is 2.20. The van der Waals surface area contributed by atoms with Gasteiger partial charge in [-0.15, -0.1) is 0 Å². The third-order valence-corrected chi connectivity index (χ3v) is 2.24. The summed E-state index contributed by atoms with van der Waals surface area (Å²) in [6.45, 7) is 0. The molecule has 0 unspecified atom stereocenters. The predicted octanol–water partition coefficient (Wildman–Crippen LogP) is 0.904. The van der Waals surface area contributed by atoms with E-state index in [4.69, 9.17) is 21.8 Å². The number of hydrogen-bond donors (Lipinski definition) is 2. The quantitative estimate of drug-likeness (QED) is 0.533. The molecule has 1 aliphatic heterocycles. The second kappa shape index (κ2) is 2.75. The monoisotopic (exact) mass is 172 g/mol. The van der Waals surface area contributed by atoms with E-state index in [0.29, 0.717) is 0 Å². The summed E-state index contributed by atoms with van der Waals surface area (Å²) < 4.78 is 0. The Bertz CT molecular complexity index is 233. The molecular weight excluding hydrogens is 170 g/mol. The van der Waals surface area contributed by atoms with Crippen LogP contribution < -0.4 is 10.2 Å². The van der Waals surface area contributed by atoms with Gasteiger partial charge in [0.15, 0.2) is 19.0 Å². The lowest BCUT2D eigenvalue weighted by Gasteiger charge is -1.97. The Labute approximate surface area is 63.7 Å². The van der Waals surface area contributed by atoms with Gasteiger partial charge in [0.1, 0.15) is 12.1 Å². The van der Waals surface area contributed by atoms with Gasteiger partial charge in [-0.1, -0.05) is 0 Å². The van der Waals surface area contributed by atoms with Crippen LogP contribution in [0.25, 0.3) is 0 Å². The zero-order valence-corrected chi connectivity index (χ0v) is 6.37. The van der Waals surface area contributed by atoms with Gasteiger partial charge < -0.3 is 10.2 Å². The number of nitrogens with zero attached hydrogens (tertiary/aromatic N) is 2. The Morgan fingerprint density at radius 3 is 1.90 bits per heavy atom. The van der Waals surface area contributed by atoms with Gasteiger partial charge in [-0.2, -0.15) is 10.5 Å². The first-order chi connectivity index (χ1) is 4.77. The summed E-state index contributed by atoms with van der Waals surface area (Å²) in [5.74, 6) is 0. The number of halogens is 1. The van der Waals surface area contributed by atoms with Crippen molar-refractivity contribution >= 4 is 18.8 Å². The zero-order valence-electron chi connectivity index (χ0n) is 4.72. The van der Waals surface area contributed by atoms with E-state index in [-0.39, 0.29) is 11.4 Å². The van der Waals surface area contributed by atoms with Crippen molar-refractivity contribution in [2.75, 3.05) is 0 Å². The maximum absolute atomic E-state index is 8.38. The highest BCUT2D eigenvalue weighted by atomic mass is 35.7. The fraction of sp³-hybridized carbons (Fsp3) is 0. The second-order valence-corrected chi connectivity index (χ2v) is 3.50. The summed E-state index contributed by atoms with van der Waals surface area (Å²) in [5.41, 5.74) is 0.451. The van der Waals surface area contributed by atoms with E-state index >= 15 is 0 Å². The molecule has 0 aliphatic carbocycles. The molecule has 10 heavy (non-hydrogen) atoms. The van der Waals surface area contributed by atoms with Gasteiger partial charge in [-0.25, -0.2) is 0 Å². The minimum absolute atomic E-state index is 0.226. The number of nitrogens with one attached hydrogen (secondary N) is 2. The Balaban J connectivity index is 2.86. The Morgan fingerprint density at radius 2 is 1.60 bits per heavy atom. The standard InChI is InChI=1S/C4H2ClN4P/c5-10-8-3(1-6)4(2-7)9-10/h8-9H. The maximum atomic E-state index is 8.38. The van der Waals surface area contributed by atoms with Crippen LogP contribution in [0, 0.1) is 22.7 Å². The van der Waals surface area contributed by atoms with Crippen LogP contribution in [0.15, 0.2) is 11.4 Å². The molecule has 0 aromatic heterocycles. The summed E-state index contributed by atoms with van der Waals surface area (Å²) in [5, 5.41) is 22.0. The lowest BCUT2D eigenvalue weighted by molar-refractivity contribution is 1.23. The van der Waals surface area contributed by atoms with Gasteiger partial charge >= 0.3 is 0 Å². The van der Waals surface area contributed by atoms with Gasteiger partial charge in [0.25, 0.3) is 0 Å². The molecule has 0 bridgehead atoms.